The number of halogens is 3. The van der Waals surface area contributed by atoms with Gasteiger partial charge in [0.25, 0.3) is 0 Å². The van der Waals surface area contributed by atoms with Crippen LogP contribution >= 0.6 is 0 Å². The number of aromatic nitrogens is 2. The van der Waals surface area contributed by atoms with Crippen LogP contribution in [0.1, 0.15) is 52.5 Å². The molecule has 1 amide bonds. The molecule has 8 nitrogen and oxygen atoms in total. The van der Waals surface area contributed by atoms with Gasteiger partial charge in [-0.2, -0.15) is 13.2 Å². The third-order valence-electron chi connectivity index (χ3n) is 5.91. The third-order valence-corrected chi connectivity index (χ3v) is 5.91. The maximum Gasteiger partial charge on any atom is 0.490 e. The van der Waals surface area contributed by atoms with Crippen LogP contribution in [0.25, 0.3) is 11.0 Å². The molecule has 0 saturated carbocycles. The van der Waals surface area contributed by atoms with E-state index in [0.717, 1.165) is 48.3 Å². The molecule has 3 aromatic rings. The molecule has 0 aliphatic heterocycles. The van der Waals surface area contributed by atoms with Crippen molar-refractivity contribution in [2.75, 3.05) is 19.3 Å². The monoisotopic (exact) mass is 536 g/mol. The first-order valence-corrected chi connectivity index (χ1v) is 12.4. The second-order valence-corrected chi connectivity index (χ2v) is 9.31. The van der Waals surface area contributed by atoms with Crippen LogP contribution in [-0.2, 0) is 9.59 Å². The minimum absolute atomic E-state index is 0.0967. The standard InChI is InChI=1S/C25H34N4O2.C2HF3O2/c1-5-19(11-14-24(30)28(4)16-15-18(2)3)29-23-17-21(12-13-22(23)27-25(29)26)31-20-9-7-6-8-10-20;3-2(4,5)1(6)7/h6-10,12-13,17-19H,5,11,14-16H2,1-4H3,(H2,26,27);(H,6,7)/t19-;/m1./s1. The molecule has 11 heteroatoms. The summed E-state index contributed by atoms with van der Waals surface area (Å²) in [5.41, 5.74) is 8.05. The van der Waals surface area contributed by atoms with Gasteiger partial charge in [0.2, 0.25) is 11.9 Å². The average Bonchev–Trinajstić information content (AvgIpc) is 3.18. The van der Waals surface area contributed by atoms with Crippen molar-refractivity contribution in [1.82, 2.24) is 14.5 Å². The van der Waals surface area contributed by atoms with E-state index in [0.29, 0.717) is 18.3 Å². The summed E-state index contributed by atoms with van der Waals surface area (Å²) < 4.78 is 39.8. The molecule has 208 valence electrons. The molecule has 1 heterocycles. The lowest BCUT2D eigenvalue weighted by molar-refractivity contribution is -0.192. The number of anilines is 1. The maximum absolute atomic E-state index is 12.6. The minimum atomic E-state index is -5.08. The predicted molar refractivity (Wildman–Crippen MR) is 140 cm³/mol. The Hall–Kier alpha value is -3.76. The second kappa shape index (κ2) is 13.7. The first-order chi connectivity index (χ1) is 17.8. The number of nitrogens with zero attached hydrogens (tertiary/aromatic N) is 3. The number of hydrogen-bond acceptors (Lipinski definition) is 5. The summed E-state index contributed by atoms with van der Waals surface area (Å²) in [6, 6.07) is 15.6. The molecule has 0 spiro atoms. The van der Waals surface area contributed by atoms with E-state index in [1.165, 1.54) is 0 Å². The van der Waals surface area contributed by atoms with Gasteiger partial charge in [0, 0.05) is 32.1 Å². The molecular weight excluding hydrogens is 501 g/mol. The highest BCUT2D eigenvalue weighted by Gasteiger charge is 2.38. The molecule has 3 rings (SSSR count). The van der Waals surface area contributed by atoms with E-state index >= 15 is 0 Å². The van der Waals surface area contributed by atoms with Gasteiger partial charge < -0.3 is 25.0 Å². The number of carboxylic acids is 1. The Morgan fingerprint density at radius 2 is 1.74 bits per heavy atom. The molecular formula is C27H35F3N4O4. The Kier molecular flexibility index (Phi) is 11.0. The SMILES string of the molecule is CC[C@H](CCC(=O)N(C)CCC(C)C)n1c(N)nc2ccc(Oc3ccccc3)cc21.O=C(O)C(F)(F)F. The van der Waals surface area contributed by atoms with E-state index < -0.39 is 12.1 Å². The number of amides is 1. The molecule has 2 aromatic carbocycles. The van der Waals surface area contributed by atoms with Gasteiger partial charge in [-0.15, -0.1) is 0 Å². The van der Waals surface area contributed by atoms with Gasteiger partial charge in [0.1, 0.15) is 11.5 Å². The van der Waals surface area contributed by atoms with Crippen molar-refractivity contribution >= 4 is 28.9 Å². The molecule has 0 unspecified atom stereocenters. The second-order valence-electron chi connectivity index (χ2n) is 9.31. The summed E-state index contributed by atoms with van der Waals surface area (Å²) in [6.07, 6.45) is -1.99. The summed E-state index contributed by atoms with van der Waals surface area (Å²) in [5.74, 6) is -0.00720. The summed E-state index contributed by atoms with van der Waals surface area (Å²) in [4.78, 5) is 27.9. The molecule has 0 radical (unpaired) electrons. The summed E-state index contributed by atoms with van der Waals surface area (Å²) >= 11 is 0. The molecule has 38 heavy (non-hydrogen) atoms. The van der Waals surface area contributed by atoms with Crippen molar-refractivity contribution in [1.29, 1.82) is 0 Å². The van der Waals surface area contributed by atoms with Crippen LogP contribution in [0.4, 0.5) is 19.1 Å². The number of alkyl halides is 3. The van der Waals surface area contributed by atoms with Crippen LogP contribution in [0.3, 0.4) is 0 Å². The number of para-hydroxylation sites is 1. The molecule has 0 aliphatic carbocycles. The zero-order chi connectivity index (χ0) is 28.5. The fourth-order valence-electron chi connectivity index (χ4n) is 3.74. The van der Waals surface area contributed by atoms with Gasteiger partial charge in [-0.1, -0.05) is 39.0 Å². The van der Waals surface area contributed by atoms with E-state index in [4.69, 9.17) is 20.4 Å². The smallest absolute Gasteiger partial charge is 0.475 e. The Morgan fingerprint density at radius 1 is 1.11 bits per heavy atom. The zero-order valence-corrected chi connectivity index (χ0v) is 22.0. The molecule has 0 saturated heterocycles. The molecule has 3 N–H and O–H groups in total. The fourth-order valence-corrected chi connectivity index (χ4v) is 3.74. The van der Waals surface area contributed by atoms with Crippen molar-refractivity contribution in [3.05, 3.63) is 48.5 Å². The predicted octanol–water partition coefficient (Wildman–Crippen LogP) is 6.28. The highest BCUT2D eigenvalue weighted by molar-refractivity contribution is 5.80. The van der Waals surface area contributed by atoms with Crippen LogP contribution in [0, 0.1) is 5.92 Å². The van der Waals surface area contributed by atoms with Gasteiger partial charge >= 0.3 is 12.1 Å². The van der Waals surface area contributed by atoms with E-state index in [1.807, 2.05) is 60.5 Å². The summed E-state index contributed by atoms with van der Waals surface area (Å²) in [5, 5.41) is 7.12. The molecule has 0 aliphatic rings. The number of nitrogens with two attached hydrogens (primary N) is 1. The van der Waals surface area contributed by atoms with E-state index in [9.17, 15) is 18.0 Å². The Labute approximate surface area is 220 Å². The lowest BCUT2D eigenvalue weighted by atomic mass is 10.1. The van der Waals surface area contributed by atoms with Gasteiger partial charge in [0.05, 0.1) is 11.0 Å². The number of carbonyl (C=O) groups is 2. The van der Waals surface area contributed by atoms with Crippen molar-refractivity contribution in [3.63, 3.8) is 0 Å². The number of carboxylic acid groups (broad SMARTS) is 1. The van der Waals surface area contributed by atoms with Crippen molar-refractivity contribution in [2.24, 2.45) is 5.92 Å². The number of benzene rings is 2. The van der Waals surface area contributed by atoms with Crippen LogP contribution in [0.2, 0.25) is 0 Å². The first-order valence-electron chi connectivity index (χ1n) is 12.4. The number of carbonyl (C=O) groups excluding carboxylic acids is 1. The number of ether oxygens (including phenoxy) is 1. The number of rotatable bonds is 10. The Morgan fingerprint density at radius 3 is 2.29 bits per heavy atom. The first kappa shape index (κ1) is 30.5. The minimum Gasteiger partial charge on any atom is -0.475 e. The topological polar surface area (TPSA) is 111 Å². The molecule has 1 atom stereocenters. The number of imidazole rings is 1. The molecule has 0 bridgehead atoms. The van der Waals surface area contributed by atoms with Gasteiger partial charge in [0.15, 0.2) is 0 Å². The molecule has 1 aromatic heterocycles. The van der Waals surface area contributed by atoms with Gasteiger partial charge in [-0.25, -0.2) is 9.78 Å². The molecule has 0 fully saturated rings. The van der Waals surface area contributed by atoms with Crippen molar-refractivity contribution in [2.45, 2.75) is 58.7 Å². The number of hydrogen-bond donors (Lipinski definition) is 2. The Balaban J connectivity index is 0.000000638. The van der Waals surface area contributed by atoms with E-state index in [1.54, 1.807) is 0 Å². The van der Waals surface area contributed by atoms with Gasteiger partial charge in [-0.05, 0) is 49.4 Å². The Bertz CT molecular complexity index is 1200. The number of nitrogen functional groups attached to an aromatic ring is 1. The average molecular weight is 537 g/mol. The lowest BCUT2D eigenvalue weighted by Crippen LogP contribution is -2.29. The largest absolute Gasteiger partial charge is 0.490 e. The fraction of sp³-hybridized carbons (Fsp3) is 0.444. The lowest BCUT2D eigenvalue weighted by Gasteiger charge is -2.22. The van der Waals surface area contributed by atoms with Crippen LogP contribution in [-0.4, -0.2) is 51.2 Å². The van der Waals surface area contributed by atoms with Crippen LogP contribution in [0.15, 0.2) is 48.5 Å². The van der Waals surface area contributed by atoms with E-state index in [-0.39, 0.29) is 11.9 Å². The van der Waals surface area contributed by atoms with Gasteiger partial charge in [-0.3, -0.25) is 4.79 Å². The normalized spacial score (nSPS) is 12.1. The number of fused-ring (bicyclic) bond motifs is 1. The van der Waals surface area contributed by atoms with Crippen LogP contribution < -0.4 is 10.5 Å². The van der Waals surface area contributed by atoms with Crippen molar-refractivity contribution in [3.8, 4) is 11.5 Å². The van der Waals surface area contributed by atoms with Crippen molar-refractivity contribution < 1.29 is 32.6 Å². The van der Waals surface area contributed by atoms with E-state index in [2.05, 4.69) is 30.3 Å². The quantitative estimate of drug-likeness (QED) is 0.316. The highest BCUT2D eigenvalue weighted by Crippen LogP contribution is 2.32. The maximum atomic E-state index is 12.6. The highest BCUT2D eigenvalue weighted by atomic mass is 19.4. The summed E-state index contributed by atoms with van der Waals surface area (Å²) in [6.45, 7) is 7.26. The number of aliphatic carboxylic acids is 1. The third kappa shape index (κ3) is 8.97. The zero-order valence-electron chi connectivity index (χ0n) is 22.0. The summed E-state index contributed by atoms with van der Waals surface area (Å²) in [7, 11) is 1.89. The van der Waals surface area contributed by atoms with Crippen LogP contribution in [0.5, 0.6) is 11.5 Å².